The number of hydrogen-bond acceptors (Lipinski definition) is 8. The summed E-state index contributed by atoms with van der Waals surface area (Å²) < 4.78 is 17.6. The number of aromatic amines is 1. The maximum absolute atomic E-state index is 11.7. The number of imidazole rings is 1. The molecule has 7 N–H and O–H groups in total. The van der Waals surface area contributed by atoms with E-state index in [0.29, 0.717) is 0 Å². The predicted octanol–water partition coefficient (Wildman–Crippen LogP) is -2.50. The van der Waals surface area contributed by atoms with Crippen LogP contribution in [0.4, 0.5) is 5.95 Å². The second kappa shape index (κ2) is 5.37. The van der Waals surface area contributed by atoms with Crippen LogP contribution in [0, 0.1) is 0 Å². The summed E-state index contributed by atoms with van der Waals surface area (Å²) in [5, 5.41) is 20.0. The Labute approximate surface area is 127 Å². The highest BCUT2D eigenvalue weighted by Gasteiger charge is 2.46. The molecule has 23 heavy (non-hydrogen) atoms. The SMILES string of the molecule is Nc1nc2c(ncn2[C@@H]2O[C@H](CP(=O)(O)O)[C@@H](O)[C@H]2O)c(=O)[nH]1. The smallest absolute Gasteiger partial charge is 0.328 e. The van der Waals surface area contributed by atoms with Crippen molar-refractivity contribution in [2.24, 2.45) is 0 Å². The van der Waals surface area contributed by atoms with Gasteiger partial charge in [0.15, 0.2) is 17.4 Å². The number of aromatic nitrogens is 4. The lowest BCUT2D eigenvalue weighted by Crippen LogP contribution is -2.33. The van der Waals surface area contributed by atoms with Crippen molar-refractivity contribution < 1.29 is 29.3 Å². The molecule has 0 amide bonds. The van der Waals surface area contributed by atoms with E-state index in [9.17, 15) is 19.6 Å². The minimum Gasteiger partial charge on any atom is -0.387 e. The molecule has 126 valence electrons. The van der Waals surface area contributed by atoms with Crippen LogP contribution in [0.2, 0.25) is 0 Å². The number of nitrogens with zero attached hydrogens (tertiary/aromatic N) is 3. The van der Waals surface area contributed by atoms with Gasteiger partial charge in [0, 0.05) is 0 Å². The highest BCUT2D eigenvalue weighted by atomic mass is 31.2. The van der Waals surface area contributed by atoms with Gasteiger partial charge in [0.25, 0.3) is 5.56 Å². The van der Waals surface area contributed by atoms with Crippen molar-refractivity contribution in [3.05, 3.63) is 16.7 Å². The van der Waals surface area contributed by atoms with Gasteiger partial charge in [-0.1, -0.05) is 0 Å². The lowest BCUT2D eigenvalue weighted by atomic mass is 10.1. The zero-order valence-corrected chi connectivity index (χ0v) is 12.4. The molecule has 0 spiro atoms. The molecule has 0 radical (unpaired) electrons. The highest BCUT2D eigenvalue weighted by molar-refractivity contribution is 7.51. The van der Waals surface area contributed by atoms with E-state index in [0.717, 1.165) is 6.33 Å². The molecule has 1 fully saturated rings. The highest BCUT2D eigenvalue weighted by Crippen LogP contribution is 2.41. The Morgan fingerprint density at radius 3 is 2.74 bits per heavy atom. The van der Waals surface area contributed by atoms with Crippen LogP contribution in [0.25, 0.3) is 11.2 Å². The van der Waals surface area contributed by atoms with Gasteiger partial charge in [0.05, 0.1) is 12.5 Å². The van der Waals surface area contributed by atoms with Gasteiger partial charge in [-0.25, -0.2) is 4.98 Å². The predicted molar refractivity (Wildman–Crippen MR) is 75.4 cm³/mol. The molecule has 1 saturated heterocycles. The summed E-state index contributed by atoms with van der Waals surface area (Å²) >= 11 is 0. The summed E-state index contributed by atoms with van der Waals surface area (Å²) in [6.45, 7) is 0. The first-order valence-corrected chi connectivity index (χ1v) is 8.25. The van der Waals surface area contributed by atoms with Gasteiger partial charge in [-0.3, -0.25) is 18.9 Å². The molecule has 2 aromatic heterocycles. The standard InChI is InChI=1S/C10H14N5O7P/c11-10-13-7-4(8(18)14-10)12-2-15(7)9-6(17)5(16)3(22-9)1-23(19,20)21/h2-3,5-6,9,16-17H,1H2,(H2,19,20,21)(H3,11,13,14,18)/t3-,5-,6-,9-/m1/s1. The third-order valence-electron chi connectivity index (χ3n) is 3.48. The second-order valence-electron chi connectivity index (χ2n) is 5.17. The van der Waals surface area contributed by atoms with Crippen LogP contribution in [0.5, 0.6) is 0 Å². The molecule has 2 aromatic rings. The van der Waals surface area contributed by atoms with Gasteiger partial charge in [-0.05, 0) is 0 Å². The molecular formula is C10H14N5O7P. The zero-order chi connectivity index (χ0) is 16.9. The Hall–Kier alpha value is -1.82. The number of H-pyrrole nitrogens is 1. The number of nitrogens with one attached hydrogen (secondary N) is 1. The molecule has 0 aliphatic carbocycles. The first-order chi connectivity index (χ1) is 10.7. The van der Waals surface area contributed by atoms with E-state index in [2.05, 4.69) is 15.0 Å². The van der Waals surface area contributed by atoms with Gasteiger partial charge >= 0.3 is 7.60 Å². The third-order valence-corrected chi connectivity index (χ3v) is 4.32. The molecular weight excluding hydrogens is 333 g/mol. The lowest BCUT2D eigenvalue weighted by molar-refractivity contribution is -0.0299. The number of hydrogen-bond donors (Lipinski definition) is 6. The van der Waals surface area contributed by atoms with Gasteiger partial charge in [0.2, 0.25) is 5.95 Å². The topological polar surface area (TPSA) is 197 Å². The summed E-state index contributed by atoms with van der Waals surface area (Å²) in [5.41, 5.74) is 4.83. The molecule has 1 aliphatic rings. The average molecular weight is 347 g/mol. The fraction of sp³-hybridized carbons (Fsp3) is 0.500. The number of aliphatic hydroxyl groups excluding tert-OH is 2. The number of rotatable bonds is 3. The number of anilines is 1. The minimum absolute atomic E-state index is 0.0133. The van der Waals surface area contributed by atoms with Crippen molar-refractivity contribution in [3.63, 3.8) is 0 Å². The Kier molecular flexibility index (Phi) is 3.75. The third kappa shape index (κ3) is 2.87. The normalized spacial score (nSPS) is 28.5. The van der Waals surface area contributed by atoms with Crippen molar-refractivity contribution in [3.8, 4) is 0 Å². The molecule has 0 unspecified atom stereocenters. The molecule has 3 heterocycles. The van der Waals surface area contributed by atoms with Crippen molar-refractivity contribution >= 4 is 24.7 Å². The molecule has 0 saturated carbocycles. The number of aliphatic hydroxyl groups is 2. The summed E-state index contributed by atoms with van der Waals surface area (Å²) in [7, 11) is -4.46. The zero-order valence-electron chi connectivity index (χ0n) is 11.5. The van der Waals surface area contributed by atoms with Crippen molar-refractivity contribution in [2.45, 2.75) is 24.5 Å². The van der Waals surface area contributed by atoms with Gasteiger partial charge in [-0.2, -0.15) is 4.98 Å². The van der Waals surface area contributed by atoms with E-state index in [1.165, 1.54) is 4.57 Å². The Morgan fingerprint density at radius 2 is 2.09 bits per heavy atom. The second-order valence-corrected chi connectivity index (χ2v) is 6.86. The summed E-state index contributed by atoms with van der Waals surface area (Å²) in [4.78, 5) is 39.7. The van der Waals surface area contributed by atoms with Crippen molar-refractivity contribution in [1.29, 1.82) is 0 Å². The largest absolute Gasteiger partial charge is 0.387 e. The van der Waals surface area contributed by atoms with E-state index < -0.39 is 43.9 Å². The quantitative estimate of drug-likeness (QED) is 0.323. The molecule has 0 aromatic carbocycles. The molecule has 13 heteroatoms. The minimum atomic E-state index is -4.46. The fourth-order valence-corrected chi connectivity index (χ4v) is 3.24. The number of fused-ring (bicyclic) bond motifs is 1. The Balaban J connectivity index is 1.99. The van der Waals surface area contributed by atoms with E-state index >= 15 is 0 Å². The van der Waals surface area contributed by atoms with E-state index in [1.54, 1.807) is 0 Å². The van der Waals surface area contributed by atoms with Crippen LogP contribution in [-0.2, 0) is 9.30 Å². The van der Waals surface area contributed by atoms with Crippen LogP contribution in [-0.4, -0.2) is 64.0 Å². The Morgan fingerprint density at radius 1 is 1.39 bits per heavy atom. The van der Waals surface area contributed by atoms with Crippen molar-refractivity contribution in [1.82, 2.24) is 19.5 Å². The maximum Gasteiger partial charge on any atom is 0.328 e. The van der Waals surface area contributed by atoms with Gasteiger partial charge < -0.3 is 30.5 Å². The van der Waals surface area contributed by atoms with Crippen molar-refractivity contribution in [2.75, 3.05) is 11.9 Å². The monoisotopic (exact) mass is 347 g/mol. The molecule has 4 atom stereocenters. The van der Waals surface area contributed by atoms with Crippen LogP contribution in [0.3, 0.4) is 0 Å². The fourth-order valence-electron chi connectivity index (χ4n) is 2.47. The van der Waals surface area contributed by atoms with Crippen LogP contribution < -0.4 is 11.3 Å². The first-order valence-electron chi connectivity index (χ1n) is 6.46. The number of nitrogen functional groups attached to an aromatic ring is 1. The van der Waals surface area contributed by atoms with Crippen LogP contribution in [0.1, 0.15) is 6.23 Å². The van der Waals surface area contributed by atoms with Gasteiger partial charge in [0.1, 0.15) is 18.3 Å². The molecule has 0 bridgehead atoms. The number of nitrogens with two attached hydrogens (primary N) is 1. The van der Waals surface area contributed by atoms with E-state index in [4.69, 9.17) is 20.3 Å². The molecule has 12 nitrogen and oxygen atoms in total. The van der Waals surface area contributed by atoms with E-state index in [-0.39, 0.29) is 17.1 Å². The lowest BCUT2D eigenvalue weighted by Gasteiger charge is -2.16. The first kappa shape index (κ1) is 16.1. The number of ether oxygens (including phenoxy) is 1. The van der Waals surface area contributed by atoms with Crippen LogP contribution in [0.15, 0.2) is 11.1 Å². The molecule has 3 rings (SSSR count). The van der Waals surface area contributed by atoms with Gasteiger partial charge in [-0.15, -0.1) is 0 Å². The van der Waals surface area contributed by atoms with E-state index in [1.807, 2.05) is 0 Å². The summed E-state index contributed by atoms with van der Waals surface area (Å²) in [6.07, 6.45) is -5.12. The molecule has 1 aliphatic heterocycles. The Bertz CT molecular complexity index is 844. The summed E-state index contributed by atoms with van der Waals surface area (Å²) in [5.74, 6) is -0.177. The summed E-state index contributed by atoms with van der Waals surface area (Å²) in [6, 6.07) is 0. The van der Waals surface area contributed by atoms with Crippen LogP contribution >= 0.6 is 7.60 Å². The average Bonchev–Trinajstić information content (AvgIpc) is 2.94. The maximum atomic E-state index is 11.7.